The number of aryl methyl sites for hydroxylation is 1. The number of imidazole rings is 1. The number of hydrogen-bond acceptors (Lipinski definition) is 2. The van der Waals surface area contributed by atoms with Gasteiger partial charge in [-0.25, -0.2) is 9.37 Å². The highest BCUT2D eigenvalue weighted by Crippen LogP contribution is 2.31. The van der Waals surface area contributed by atoms with Crippen LogP contribution >= 0.6 is 0 Å². The van der Waals surface area contributed by atoms with Gasteiger partial charge in [-0.1, -0.05) is 54.6 Å². The summed E-state index contributed by atoms with van der Waals surface area (Å²) in [5, 5.41) is 3.05. The summed E-state index contributed by atoms with van der Waals surface area (Å²) in [5.41, 5.74) is 4.09. The number of amides is 1. The van der Waals surface area contributed by atoms with Gasteiger partial charge in [0, 0.05) is 24.2 Å². The van der Waals surface area contributed by atoms with Crippen LogP contribution in [0.5, 0.6) is 0 Å². The van der Waals surface area contributed by atoms with Crippen molar-refractivity contribution in [2.75, 3.05) is 0 Å². The summed E-state index contributed by atoms with van der Waals surface area (Å²) in [4.78, 5) is 17.5. The third-order valence-corrected chi connectivity index (χ3v) is 5.46. The molecule has 5 heteroatoms. The van der Waals surface area contributed by atoms with Gasteiger partial charge in [-0.2, -0.15) is 0 Å². The van der Waals surface area contributed by atoms with Crippen molar-refractivity contribution in [1.29, 1.82) is 0 Å². The van der Waals surface area contributed by atoms with Gasteiger partial charge < -0.3 is 9.72 Å². The Morgan fingerprint density at radius 2 is 1.77 bits per heavy atom. The fraction of sp³-hybridized carbons (Fsp3) is 0.200. The van der Waals surface area contributed by atoms with Crippen molar-refractivity contribution < 1.29 is 9.18 Å². The molecule has 0 bridgehead atoms. The Labute approximate surface area is 175 Å². The highest BCUT2D eigenvalue weighted by molar-refractivity contribution is 5.78. The average Bonchev–Trinajstić information content (AvgIpc) is 3.18. The van der Waals surface area contributed by atoms with Gasteiger partial charge in [0.1, 0.15) is 11.5 Å². The molecule has 0 saturated carbocycles. The molecule has 2 aromatic carbocycles. The molecular weight excluding hydrogens is 377 g/mol. The van der Waals surface area contributed by atoms with Crippen molar-refractivity contribution >= 4 is 11.6 Å². The number of halogens is 1. The van der Waals surface area contributed by atoms with Crippen LogP contribution in [0.2, 0.25) is 0 Å². The van der Waals surface area contributed by atoms with Crippen molar-refractivity contribution in [3.05, 3.63) is 107 Å². The monoisotopic (exact) mass is 401 g/mol. The fourth-order valence-corrected chi connectivity index (χ4v) is 3.92. The lowest BCUT2D eigenvalue weighted by atomic mass is 9.91. The first-order valence-electron chi connectivity index (χ1n) is 10.1. The van der Waals surface area contributed by atoms with Crippen LogP contribution in [0.15, 0.2) is 79.0 Å². The average molecular weight is 401 g/mol. The molecule has 0 radical (unpaired) electrons. The van der Waals surface area contributed by atoms with E-state index in [1.807, 2.05) is 66.8 Å². The number of nitrogens with zero attached hydrogens (tertiary/aromatic N) is 2. The summed E-state index contributed by atoms with van der Waals surface area (Å²) in [6, 6.07) is 22.1. The van der Waals surface area contributed by atoms with E-state index in [0.29, 0.717) is 5.56 Å². The molecule has 2 aromatic heterocycles. The van der Waals surface area contributed by atoms with Crippen LogP contribution < -0.4 is 5.32 Å². The molecule has 30 heavy (non-hydrogen) atoms. The van der Waals surface area contributed by atoms with Crippen LogP contribution in [0.1, 0.15) is 47.8 Å². The van der Waals surface area contributed by atoms with E-state index in [-0.39, 0.29) is 24.2 Å². The van der Waals surface area contributed by atoms with E-state index in [0.717, 1.165) is 22.6 Å². The van der Waals surface area contributed by atoms with Gasteiger partial charge in [-0.3, -0.25) is 4.79 Å². The van der Waals surface area contributed by atoms with Crippen molar-refractivity contribution in [2.45, 2.75) is 32.2 Å². The summed E-state index contributed by atoms with van der Waals surface area (Å²) in [6.07, 6.45) is 1.87. The Balaban J connectivity index is 1.68. The number of hydrogen-bond donors (Lipinski definition) is 1. The molecule has 2 heterocycles. The van der Waals surface area contributed by atoms with E-state index in [1.54, 1.807) is 24.4 Å². The Bertz CT molecular complexity index is 1170. The van der Waals surface area contributed by atoms with Gasteiger partial charge in [0.15, 0.2) is 0 Å². The third kappa shape index (κ3) is 3.96. The van der Waals surface area contributed by atoms with Crippen LogP contribution in [0.3, 0.4) is 0 Å². The molecule has 0 aliphatic rings. The second kappa shape index (κ2) is 8.49. The van der Waals surface area contributed by atoms with E-state index < -0.39 is 5.92 Å². The summed E-state index contributed by atoms with van der Waals surface area (Å²) in [5.74, 6) is -0.914. The second-order valence-corrected chi connectivity index (χ2v) is 7.52. The van der Waals surface area contributed by atoms with Crippen molar-refractivity contribution in [1.82, 2.24) is 14.7 Å². The number of carbonyl (C=O) groups excluding carboxylic acids is 1. The topological polar surface area (TPSA) is 46.4 Å². The van der Waals surface area contributed by atoms with E-state index in [1.165, 1.54) is 6.07 Å². The minimum atomic E-state index is -0.453. The molecule has 0 aliphatic carbocycles. The molecule has 4 nitrogen and oxygen atoms in total. The maximum absolute atomic E-state index is 14.7. The molecular formula is C25H24FN3O. The predicted molar refractivity (Wildman–Crippen MR) is 116 cm³/mol. The standard InChI is InChI=1S/C25H24FN3O/c1-17-9-8-14-24-27-16-23(29(17)24)21(20-12-6-7-13-22(20)26)15-25(30)28-18(2)19-10-4-3-5-11-19/h3-14,16,18,21H,15H2,1-2H3,(H,28,30). The summed E-state index contributed by atoms with van der Waals surface area (Å²) in [7, 11) is 0. The number of carbonyl (C=O) groups is 1. The SMILES string of the molecule is Cc1cccc2ncc(C(CC(=O)NC(C)c3ccccc3)c3ccccc3F)n12. The van der Waals surface area contributed by atoms with Crippen molar-refractivity contribution in [2.24, 2.45) is 0 Å². The lowest BCUT2D eigenvalue weighted by Crippen LogP contribution is -2.28. The smallest absolute Gasteiger partial charge is 0.221 e. The van der Waals surface area contributed by atoms with E-state index in [2.05, 4.69) is 10.3 Å². The molecule has 0 fully saturated rings. The first-order valence-corrected chi connectivity index (χ1v) is 10.1. The van der Waals surface area contributed by atoms with Crippen molar-refractivity contribution in [3.8, 4) is 0 Å². The van der Waals surface area contributed by atoms with Gasteiger partial charge in [-0.15, -0.1) is 0 Å². The number of nitrogens with one attached hydrogen (secondary N) is 1. The Hall–Kier alpha value is -3.47. The van der Waals surface area contributed by atoms with Crippen molar-refractivity contribution in [3.63, 3.8) is 0 Å². The van der Waals surface area contributed by atoms with Crippen LogP contribution in [-0.2, 0) is 4.79 Å². The number of fused-ring (bicyclic) bond motifs is 1. The molecule has 0 aliphatic heterocycles. The molecule has 4 aromatic rings. The van der Waals surface area contributed by atoms with Gasteiger partial charge in [0.25, 0.3) is 0 Å². The summed E-state index contributed by atoms with van der Waals surface area (Å²) < 4.78 is 16.7. The predicted octanol–water partition coefficient (Wildman–Crippen LogP) is 5.18. The number of pyridine rings is 1. The van der Waals surface area contributed by atoms with E-state index >= 15 is 0 Å². The summed E-state index contributed by atoms with van der Waals surface area (Å²) >= 11 is 0. The van der Waals surface area contributed by atoms with Crippen LogP contribution in [0, 0.1) is 12.7 Å². The van der Waals surface area contributed by atoms with E-state index in [9.17, 15) is 9.18 Å². The maximum Gasteiger partial charge on any atom is 0.221 e. The number of benzene rings is 2. The zero-order valence-electron chi connectivity index (χ0n) is 17.0. The highest BCUT2D eigenvalue weighted by Gasteiger charge is 2.25. The molecule has 0 spiro atoms. The van der Waals surface area contributed by atoms with Gasteiger partial charge >= 0.3 is 0 Å². The second-order valence-electron chi connectivity index (χ2n) is 7.52. The normalized spacial score (nSPS) is 13.2. The quantitative estimate of drug-likeness (QED) is 0.484. The van der Waals surface area contributed by atoms with Gasteiger partial charge in [-0.05, 0) is 43.2 Å². The maximum atomic E-state index is 14.7. The van der Waals surface area contributed by atoms with Crippen LogP contribution in [0.4, 0.5) is 4.39 Å². The lowest BCUT2D eigenvalue weighted by molar-refractivity contribution is -0.122. The van der Waals surface area contributed by atoms with Gasteiger partial charge in [0.2, 0.25) is 5.91 Å². The van der Waals surface area contributed by atoms with E-state index in [4.69, 9.17) is 0 Å². The molecule has 2 atom stereocenters. The number of rotatable bonds is 6. The molecule has 1 amide bonds. The molecule has 152 valence electrons. The fourth-order valence-electron chi connectivity index (χ4n) is 3.92. The molecule has 1 N–H and O–H groups in total. The summed E-state index contributed by atoms with van der Waals surface area (Å²) in [6.45, 7) is 3.93. The largest absolute Gasteiger partial charge is 0.350 e. The first kappa shape index (κ1) is 19.8. The van der Waals surface area contributed by atoms with Crippen LogP contribution in [-0.4, -0.2) is 15.3 Å². The molecule has 4 rings (SSSR count). The first-order chi connectivity index (χ1) is 14.5. The third-order valence-electron chi connectivity index (χ3n) is 5.46. The Morgan fingerprint density at radius 1 is 1.03 bits per heavy atom. The minimum Gasteiger partial charge on any atom is -0.350 e. The number of aromatic nitrogens is 2. The lowest BCUT2D eigenvalue weighted by Gasteiger charge is -2.21. The highest BCUT2D eigenvalue weighted by atomic mass is 19.1. The zero-order chi connectivity index (χ0) is 21.1. The Kier molecular flexibility index (Phi) is 5.61. The zero-order valence-corrected chi connectivity index (χ0v) is 17.0. The Morgan fingerprint density at radius 3 is 2.53 bits per heavy atom. The molecule has 2 unspecified atom stereocenters. The molecule has 0 saturated heterocycles. The van der Waals surface area contributed by atoms with Gasteiger partial charge in [0.05, 0.1) is 11.7 Å². The van der Waals surface area contributed by atoms with Crippen LogP contribution in [0.25, 0.3) is 5.65 Å². The minimum absolute atomic E-state index is 0.125.